The fraction of sp³-hybridized carbons (Fsp3) is 0.500. The highest BCUT2D eigenvalue weighted by molar-refractivity contribution is 5.31. The third kappa shape index (κ3) is 4.06. The first kappa shape index (κ1) is 20.4. The second-order valence-electron chi connectivity index (χ2n) is 8.28. The zero-order valence-corrected chi connectivity index (χ0v) is 18.3. The van der Waals surface area contributed by atoms with E-state index in [1.54, 1.807) is 0 Å². The van der Waals surface area contributed by atoms with Crippen LogP contribution in [0.5, 0.6) is 0 Å². The number of imidazole rings is 2. The van der Waals surface area contributed by atoms with Crippen molar-refractivity contribution in [1.82, 2.24) is 9.13 Å². The van der Waals surface area contributed by atoms with Gasteiger partial charge in [-0.1, -0.05) is 38.1 Å². The van der Waals surface area contributed by atoms with Gasteiger partial charge >= 0.3 is 0 Å². The number of hydrogen-bond acceptors (Lipinski definition) is 0. The Morgan fingerprint density at radius 3 is 1.39 bits per heavy atom. The van der Waals surface area contributed by atoms with Crippen LogP contribution in [0.3, 0.4) is 0 Å². The number of nitrogens with zero attached hydrogens (tertiary/aromatic N) is 4. The lowest BCUT2D eigenvalue weighted by molar-refractivity contribution is -0.719. The van der Waals surface area contributed by atoms with Gasteiger partial charge in [-0.15, -0.1) is 0 Å². The van der Waals surface area contributed by atoms with Gasteiger partial charge in [0.05, 0.1) is 12.1 Å². The molecular weight excluding hydrogens is 344 g/mol. The van der Waals surface area contributed by atoms with E-state index in [1.807, 2.05) is 0 Å². The van der Waals surface area contributed by atoms with E-state index < -0.39 is 0 Å². The van der Waals surface area contributed by atoms with Crippen LogP contribution in [0.25, 0.3) is 0 Å². The molecule has 3 aromatic rings. The van der Waals surface area contributed by atoms with Gasteiger partial charge in [-0.2, -0.15) is 0 Å². The monoisotopic (exact) mass is 380 g/mol. The Morgan fingerprint density at radius 1 is 0.714 bits per heavy atom. The van der Waals surface area contributed by atoms with Gasteiger partial charge in [0.15, 0.2) is 0 Å². The Labute approximate surface area is 170 Å². The molecule has 2 atom stereocenters. The lowest BCUT2D eigenvalue weighted by atomic mass is 9.92. The summed E-state index contributed by atoms with van der Waals surface area (Å²) >= 11 is 0. The van der Waals surface area contributed by atoms with E-state index in [0.29, 0.717) is 24.2 Å². The predicted octanol–water partition coefficient (Wildman–Crippen LogP) is 5.03. The van der Waals surface area contributed by atoms with E-state index in [0.717, 1.165) is 12.8 Å². The molecule has 4 heteroatoms. The molecule has 1 aromatic carbocycles. The number of hydrogen-bond donors (Lipinski definition) is 0. The van der Waals surface area contributed by atoms with Gasteiger partial charge in [0.1, 0.15) is 36.9 Å². The first-order valence-electron chi connectivity index (χ1n) is 10.7. The van der Waals surface area contributed by atoms with Crippen LogP contribution in [0.1, 0.15) is 89.7 Å². The van der Waals surface area contributed by atoms with Crippen LogP contribution in [-0.4, -0.2) is 9.13 Å². The maximum Gasteiger partial charge on any atom is 0.244 e. The minimum atomic E-state index is 0.345. The van der Waals surface area contributed by atoms with Crippen LogP contribution in [0.15, 0.2) is 61.7 Å². The summed E-state index contributed by atoms with van der Waals surface area (Å²) in [7, 11) is 0. The van der Waals surface area contributed by atoms with Gasteiger partial charge in [-0.25, -0.2) is 18.3 Å². The Morgan fingerprint density at radius 2 is 1.11 bits per heavy atom. The summed E-state index contributed by atoms with van der Waals surface area (Å²) < 4.78 is 9.30. The molecule has 0 saturated carbocycles. The van der Waals surface area contributed by atoms with Crippen molar-refractivity contribution in [1.29, 1.82) is 0 Å². The lowest BCUT2D eigenvalue weighted by Gasteiger charge is -2.21. The molecule has 150 valence electrons. The van der Waals surface area contributed by atoms with Crippen molar-refractivity contribution in [3.63, 3.8) is 0 Å². The van der Waals surface area contributed by atoms with Gasteiger partial charge in [-0.05, 0) is 40.5 Å². The first-order chi connectivity index (χ1) is 13.5. The summed E-state index contributed by atoms with van der Waals surface area (Å²) in [5.41, 5.74) is 2.85. The molecule has 4 nitrogen and oxygen atoms in total. The molecule has 0 saturated heterocycles. The zero-order chi connectivity index (χ0) is 20.3. The van der Waals surface area contributed by atoms with E-state index in [2.05, 4.69) is 122 Å². The van der Waals surface area contributed by atoms with Crippen LogP contribution < -0.4 is 9.13 Å². The van der Waals surface area contributed by atoms with E-state index in [9.17, 15) is 0 Å². The molecule has 0 amide bonds. The molecule has 0 aliphatic carbocycles. The zero-order valence-electron chi connectivity index (χ0n) is 18.3. The minimum Gasteiger partial charge on any atom is -0.235 e. The number of rotatable bonds is 8. The summed E-state index contributed by atoms with van der Waals surface area (Å²) in [6.45, 7) is 13.5. The van der Waals surface area contributed by atoms with Gasteiger partial charge in [0.25, 0.3) is 0 Å². The molecule has 0 bridgehead atoms. The maximum absolute atomic E-state index is 2.37. The number of benzene rings is 1. The molecular formula is C24H36N4+2. The van der Waals surface area contributed by atoms with Crippen LogP contribution in [0.4, 0.5) is 0 Å². The van der Waals surface area contributed by atoms with Gasteiger partial charge < -0.3 is 0 Å². The van der Waals surface area contributed by atoms with E-state index in [-0.39, 0.29) is 0 Å². The summed E-state index contributed by atoms with van der Waals surface area (Å²) in [5, 5.41) is 0. The third-order valence-corrected chi connectivity index (χ3v) is 5.75. The van der Waals surface area contributed by atoms with Crippen LogP contribution >= 0.6 is 0 Å². The molecule has 0 unspecified atom stereocenters. The standard InChI is InChI=1S/C24H36N4/c1-7-23(27-15-13-25(17-27)19(3)4)21-11-9-10-12-22(21)24(8-2)28-16-14-26(18-28)20(5)6/h9-20,23-24H,7-8H2,1-6H3/q+2/t23-,24-/m0/s1. The third-order valence-electron chi connectivity index (χ3n) is 5.75. The van der Waals surface area contributed by atoms with Crippen molar-refractivity contribution in [3.05, 3.63) is 72.8 Å². The highest BCUT2D eigenvalue weighted by Crippen LogP contribution is 2.27. The van der Waals surface area contributed by atoms with Crippen molar-refractivity contribution in [2.24, 2.45) is 0 Å². The first-order valence-corrected chi connectivity index (χ1v) is 10.7. The largest absolute Gasteiger partial charge is 0.244 e. The molecule has 2 heterocycles. The Kier molecular flexibility index (Phi) is 6.38. The van der Waals surface area contributed by atoms with E-state index in [4.69, 9.17) is 0 Å². The van der Waals surface area contributed by atoms with Crippen LogP contribution in [-0.2, 0) is 0 Å². The highest BCUT2D eigenvalue weighted by atomic mass is 15.2. The van der Waals surface area contributed by atoms with Crippen molar-refractivity contribution in [2.45, 2.75) is 78.6 Å². The maximum atomic E-state index is 2.37. The molecule has 0 spiro atoms. The SMILES string of the molecule is CC[C@@H](c1ccccc1[C@H](CC)[n+]1ccn(C(C)C)c1)[n+]1ccn(C(C)C)c1. The molecule has 0 fully saturated rings. The van der Waals surface area contributed by atoms with Crippen molar-refractivity contribution in [3.8, 4) is 0 Å². The van der Waals surface area contributed by atoms with Crippen LogP contribution in [0, 0.1) is 0 Å². The van der Waals surface area contributed by atoms with Crippen molar-refractivity contribution < 1.29 is 9.13 Å². The second-order valence-corrected chi connectivity index (χ2v) is 8.28. The molecule has 0 radical (unpaired) electrons. The fourth-order valence-electron chi connectivity index (χ4n) is 4.05. The van der Waals surface area contributed by atoms with Gasteiger partial charge in [-0.3, -0.25) is 0 Å². The minimum absolute atomic E-state index is 0.345. The van der Waals surface area contributed by atoms with E-state index in [1.165, 1.54) is 11.1 Å². The molecule has 3 rings (SSSR count). The van der Waals surface area contributed by atoms with Crippen molar-refractivity contribution >= 4 is 0 Å². The smallest absolute Gasteiger partial charge is 0.235 e. The fourth-order valence-corrected chi connectivity index (χ4v) is 4.05. The summed E-state index contributed by atoms with van der Waals surface area (Å²) in [6.07, 6.45) is 15.4. The topological polar surface area (TPSA) is 17.6 Å². The van der Waals surface area contributed by atoms with Gasteiger partial charge in [0, 0.05) is 11.1 Å². The summed E-state index contributed by atoms with van der Waals surface area (Å²) in [5.74, 6) is 0. The Bertz CT molecular complexity index is 814. The normalized spacial score (nSPS) is 14.0. The Hall–Kier alpha value is -2.36. The van der Waals surface area contributed by atoms with Gasteiger partial charge in [0.2, 0.25) is 12.7 Å². The average Bonchev–Trinajstić information content (AvgIpc) is 3.34. The summed E-state index contributed by atoms with van der Waals surface area (Å²) in [4.78, 5) is 0. The Balaban J connectivity index is 2.02. The molecule has 28 heavy (non-hydrogen) atoms. The quantitative estimate of drug-likeness (QED) is 0.488. The predicted molar refractivity (Wildman–Crippen MR) is 113 cm³/mol. The molecule has 2 aromatic heterocycles. The van der Waals surface area contributed by atoms with E-state index >= 15 is 0 Å². The summed E-state index contributed by atoms with van der Waals surface area (Å²) in [6, 6.07) is 10.6. The number of aromatic nitrogens is 4. The van der Waals surface area contributed by atoms with Crippen LogP contribution in [0.2, 0.25) is 0 Å². The molecule has 0 N–H and O–H groups in total. The van der Waals surface area contributed by atoms with Crippen molar-refractivity contribution in [2.75, 3.05) is 0 Å². The molecule has 0 aliphatic rings. The second kappa shape index (κ2) is 8.76. The highest BCUT2D eigenvalue weighted by Gasteiger charge is 2.27. The molecule has 0 aliphatic heterocycles. The lowest BCUT2D eigenvalue weighted by Crippen LogP contribution is -2.42. The average molecular weight is 381 g/mol.